The fourth-order valence-corrected chi connectivity index (χ4v) is 2.50. The minimum Gasteiger partial charge on any atom is -0.484 e. The van der Waals surface area contributed by atoms with Crippen LogP contribution in [0.3, 0.4) is 0 Å². The molecule has 2 aromatic carbocycles. The first-order chi connectivity index (χ1) is 10.5. The van der Waals surface area contributed by atoms with Crippen LogP contribution in [0.2, 0.25) is 5.02 Å². The number of halogens is 2. The van der Waals surface area contributed by atoms with Gasteiger partial charge in [0.2, 0.25) is 0 Å². The molecule has 0 heterocycles. The highest BCUT2D eigenvalue weighted by Gasteiger charge is 2.09. The molecule has 0 fully saturated rings. The fraction of sp³-hybridized carbons (Fsp3) is 0.0667. The summed E-state index contributed by atoms with van der Waals surface area (Å²) in [7, 11) is 0. The van der Waals surface area contributed by atoms with Gasteiger partial charge >= 0.3 is 6.03 Å². The third-order valence-electron chi connectivity index (χ3n) is 2.73. The van der Waals surface area contributed by atoms with Gasteiger partial charge < -0.3 is 15.8 Å². The summed E-state index contributed by atoms with van der Waals surface area (Å²) in [6, 6.07) is 10.8. The molecule has 5 nitrogen and oxygen atoms in total. The van der Waals surface area contributed by atoms with Crippen molar-refractivity contribution in [2.45, 2.75) is 0 Å². The van der Waals surface area contributed by atoms with Gasteiger partial charge in [-0.3, -0.25) is 4.79 Å². The first-order valence-corrected chi connectivity index (χ1v) is 7.40. The molecule has 2 amide bonds. The van der Waals surface area contributed by atoms with E-state index in [-0.39, 0.29) is 12.4 Å². The minimum atomic E-state index is -0.657. The molecule has 2 aromatic rings. The number of Topliss-reactive ketones (excluding diaryl/α,β-unsaturated/α-hetero) is 1. The van der Waals surface area contributed by atoms with E-state index < -0.39 is 6.03 Å². The number of carbonyl (C=O) groups is 2. The number of urea groups is 1. The number of nitrogens with two attached hydrogens (primary N) is 1. The van der Waals surface area contributed by atoms with Gasteiger partial charge in [0, 0.05) is 16.3 Å². The molecular formula is C15H12BrClN2O3. The van der Waals surface area contributed by atoms with Crippen molar-refractivity contribution in [3.63, 3.8) is 0 Å². The summed E-state index contributed by atoms with van der Waals surface area (Å²) in [5.74, 6) is 0.345. The Bertz CT molecular complexity index is 704. The second-order valence-electron chi connectivity index (χ2n) is 4.35. The SMILES string of the molecule is NC(=O)Nc1ccc(C(=O)COc2ccc(Cl)cc2Br)cc1. The van der Waals surface area contributed by atoms with Gasteiger partial charge in [-0.2, -0.15) is 0 Å². The van der Waals surface area contributed by atoms with Crippen molar-refractivity contribution in [2.24, 2.45) is 5.73 Å². The smallest absolute Gasteiger partial charge is 0.316 e. The molecule has 0 spiro atoms. The average molecular weight is 384 g/mol. The summed E-state index contributed by atoms with van der Waals surface area (Å²) in [5.41, 5.74) is 6.00. The van der Waals surface area contributed by atoms with Crippen molar-refractivity contribution < 1.29 is 14.3 Å². The first-order valence-electron chi connectivity index (χ1n) is 6.23. The molecule has 22 heavy (non-hydrogen) atoms. The first kappa shape index (κ1) is 16.3. The molecule has 114 valence electrons. The molecule has 2 rings (SSSR count). The van der Waals surface area contributed by atoms with Gasteiger partial charge in [0.15, 0.2) is 12.4 Å². The van der Waals surface area contributed by atoms with Crippen LogP contribution >= 0.6 is 27.5 Å². The number of hydrogen-bond acceptors (Lipinski definition) is 3. The van der Waals surface area contributed by atoms with Crippen molar-refractivity contribution >= 4 is 45.0 Å². The normalized spacial score (nSPS) is 10.1. The second-order valence-corrected chi connectivity index (χ2v) is 5.64. The molecule has 3 N–H and O–H groups in total. The summed E-state index contributed by atoms with van der Waals surface area (Å²) >= 11 is 9.15. The molecule has 0 radical (unpaired) electrons. The van der Waals surface area contributed by atoms with E-state index in [1.54, 1.807) is 42.5 Å². The van der Waals surface area contributed by atoms with Gasteiger partial charge in [0.25, 0.3) is 0 Å². The quantitative estimate of drug-likeness (QED) is 0.769. The Hall–Kier alpha value is -2.05. The fourth-order valence-electron chi connectivity index (χ4n) is 1.70. The number of rotatable bonds is 5. The number of amides is 2. The number of benzene rings is 2. The van der Waals surface area contributed by atoms with Crippen LogP contribution in [-0.4, -0.2) is 18.4 Å². The summed E-state index contributed by atoms with van der Waals surface area (Å²) in [4.78, 5) is 22.8. The van der Waals surface area contributed by atoms with Crippen LogP contribution in [0, 0.1) is 0 Å². The lowest BCUT2D eigenvalue weighted by Crippen LogP contribution is -2.19. The second kappa shape index (κ2) is 7.29. The maximum absolute atomic E-state index is 12.1. The van der Waals surface area contributed by atoms with E-state index in [0.717, 1.165) is 0 Å². The van der Waals surface area contributed by atoms with Gasteiger partial charge in [-0.05, 0) is 58.4 Å². The van der Waals surface area contributed by atoms with Crippen LogP contribution in [-0.2, 0) is 0 Å². The number of carbonyl (C=O) groups excluding carboxylic acids is 2. The maximum atomic E-state index is 12.1. The van der Waals surface area contributed by atoms with E-state index in [0.29, 0.717) is 26.5 Å². The molecular weight excluding hydrogens is 372 g/mol. The molecule has 0 atom stereocenters. The third-order valence-corrected chi connectivity index (χ3v) is 3.58. The number of anilines is 1. The molecule has 0 bridgehead atoms. The number of hydrogen-bond donors (Lipinski definition) is 2. The van der Waals surface area contributed by atoms with E-state index in [1.165, 1.54) is 0 Å². The van der Waals surface area contributed by atoms with Crippen molar-refractivity contribution in [3.8, 4) is 5.75 Å². The van der Waals surface area contributed by atoms with Crippen molar-refractivity contribution in [3.05, 3.63) is 57.5 Å². The number of ether oxygens (including phenoxy) is 1. The zero-order chi connectivity index (χ0) is 16.1. The Balaban J connectivity index is 1.98. The highest BCUT2D eigenvalue weighted by molar-refractivity contribution is 9.10. The molecule has 0 aliphatic carbocycles. The summed E-state index contributed by atoms with van der Waals surface area (Å²) < 4.78 is 6.13. The zero-order valence-corrected chi connectivity index (χ0v) is 13.6. The topological polar surface area (TPSA) is 81.4 Å². The van der Waals surface area contributed by atoms with Crippen LogP contribution in [0.15, 0.2) is 46.9 Å². The van der Waals surface area contributed by atoms with Crippen molar-refractivity contribution in [1.82, 2.24) is 0 Å². The number of nitrogens with one attached hydrogen (secondary N) is 1. The molecule has 0 saturated carbocycles. The van der Waals surface area contributed by atoms with Gasteiger partial charge in [0.05, 0.1) is 4.47 Å². The van der Waals surface area contributed by atoms with Crippen LogP contribution in [0.25, 0.3) is 0 Å². The van der Waals surface area contributed by atoms with Crippen LogP contribution in [0.4, 0.5) is 10.5 Å². The summed E-state index contributed by atoms with van der Waals surface area (Å²) in [5, 5.41) is 2.99. The summed E-state index contributed by atoms with van der Waals surface area (Å²) in [6.45, 7) is -0.108. The predicted molar refractivity (Wildman–Crippen MR) is 88.6 cm³/mol. The molecule has 0 aliphatic heterocycles. The van der Waals surface area contributed by atoms with Crippen LogP contribution < -0.4 is 15.8 Å². The maximum Gasteiger partial charge on any atom is 0.316 e. The third kappa shape index (κ3) is 4.47. The van der Waals surface area contributed by atoms with E-state index in [4.69, 9.17) is 22.1 Å². The van der Waals surface area contributed by atoms with E-state index in [1.807, 2.05) is 0 Å². The standard InChI is InChI=1S/C15H12BrClN2O3/c16-12-7-10(17)3-6-14(12)22-8-13(20)9-1-4-11(5-2-9)19-15(18)21/h1-7H,8H2,(H3,18,19,21). The largest absolute Gasteiger partial charge is 0.484 e. The van der Waals surface area contributed by atoms with Gasteiger partial charge in [-0.15, -0.1) is 0 Å². The van der Waals surface area contributed by atoms with Gasteiger partial charge in [0.1, 0.15) is 5.75 Å². The predicted octanol–water partition coefficient (Wildman–Crippen LogP) is 3.85. The number of ketones is 1. The lowest BCUT2D eigenvalue weighted by Gasteiger charge is -2.08. The highest BCUT2D eigenvalue weighted by atomic mass is 79.9. The lowest BCUT2D eigenvalue weighted by atomic mass is 10.1. The zero-order valence-electron chi connectivity index (χ0n) is 11.3. The van der Waals surface area contributed by atoms with Gasteiger partial charge in [-0.1, -0.05) is 11.6 Å². The Labute approximate surface area is 140 Å². The Morgan fingerprint density at radius 3 is 2.45 bits per heavy atom. The van der Waals surface area contributed by atoms with E-state index in [9.17, 15) is 9.59 Å². The van der Waals surface area contributed by atoms with Crippen molar-refractivity contribution in [1.29, 1.82) is 0 Å². The minimum absolute atomic E-state index is 0.108. The Morgan fingerprint density at radius 2 is 1.86 bits per heavy atom. The summed E-state index contributed by atoms with van der Waals surface area (Å²) in [6.07, 6.45) is 0. The monoisotopic (exact) mass is 382 g/mol. The Morgan fingerprint density at radius 1 is 1.18 bits per heavy atom. The Kier molecular flexibility index (Phi) is 5.41. The van der Waals surface area contributed by atoms with E-state index in [2.05, 4.69) is 21.2 Å². The van der Waals surface area contributed by atoms with Crippen molar-refractivity contribution in [2.75, 3.05) is 11.9 Å². The molecule has 7 heteroatoms. The number of primary amides is 1. The highest BCUT2D eigenvalue weighted by Crippen LogP contribution is 2.28. The molecule has 0 aromatic heterocycles. The lowest BCUT2D eigenvalue weighted by molar-refractivity contribution is 0.0921. The molecule has 0 aliphatic rings. The van der Waals surface area contributed by atoms with E-state index >= 15 is 0 Å². The van der Waals surface area contributed by atoms with Crippen LogP contribution in [0.1, 0.15) is 10.4 Å². The molecule has 0 unspecified atom stereocenters. The van der Waals surface area contributed by atoms with Crippen LogP contribution in [0.5, 0.6) is 5.75 Å². The molecule has 0 saturated heterocycles. The average Bonchev–Trinajstić information content (AvgIpc) is 2.46. The van der Waals surface area contributed by atoms with Gasteiger partial charge in [-0.25, -0.2) is 4.79 Å².